The number of hydrogen-bond donors (Lipinski definition) is 0. The molecule has 0 atom stereocenters. The Morgan fingerprint density at radius 3 is 1.93 bits per heavy atom. The van der Waals surface area contributed by atoms with E-state index >= 15 is 0 Å². The Balaban J connectivity index is 3.13. The van der Waals surface area contributed by atoms with Gasteiger partial charge in [-0.3, -0.25) is 0 Å². The molecule has 0 aromatic carbocycles. The molecule has 0 aliphatic heterocycles. The summed E-state index contributed by atoms with van der Waals surface area (Å²) >= 11 is 0. The lowest BCUT2D eigenvalue weighted by Gasteiger charge is -2.39. The van der Waals surface area contributed by atoms with Crippen LogP contribution in [0.15, 0.2) is 11.1 Å². The molecule has 0 heteroatoms. The minimum Gasteiger partial charge on any atom is -0.0677 e. The van der Waals surface area contributed by atoms with Crippen LogP contribution in [0.4, 0.5) is 0 Å². The van der Waals surface area contributed by atoms with Crippen LogP contribution in [0.3, 0.4) is 0 Å². The first-order valence-corrected chi connectivity index (χ1v) is 6.09. The quantitative estimate of drug-likeness (QED) is 0.554. The van der Waals surface area contributed by atoms with Gasteiger partial charge in [-0.15, -0.1) is 0 Å². The van der Waals surface area contributed by atoms with Crippen LogP contribution in [-0.2, 0) is 0 Å². The SMILES string of the molecule is CC(C)C1=C(C(C)C)C(C)(C)CCC1. The van der Waals surface area contributed by atoms with E-state index in [9.17, 15) is 0 Å². The van der Waals surface area contributed by atoms with Gasteiger partial charge in [0.25, 0.3) is 0 Å². The molecule has 0 unspecified atom stereocenters. The summed E-state index contributed by atoms with van der Waals surface area (Å²) in [6, 6.07) is 0. The maximum Gasteiger partial charge on any atom is -0.0139 e. The van der Waals surface area contributed by atoms with Gasteiger partial charge in [0.1, 0.15) is 0 Å². The van der Waals surface area contributed by atoms with Crippen LogP contribution >= 0.6 is 0 Å². The van der Waals surface area contributed by atoms with Gasteiger partial charge in [0.2, 0.25) is 0 Å². The summed E-state index contributed by atoms with van der Waals surface area (Å²) in [6.45, 7) is 14.2. The van der Waals surface area contributed by atoms with Gasteiger partial charge in [-0.2, -0.15) is 0 Å². The van der Waals surface area contributed by atoms with Crippen molar-refractivity contribution in [2.45, 2.75) is 60.8 Å². The molecule has 0 saturated heterocycles. The Kier molecular flexibility index (Phi) is 3.44. The molecule has 0 radical (unpaired) electrons. The van der Waals surface area contributed by atoms with E-state index in [1.807, 2.05) is 0 Å². The summed E-state index contributed by atoms with van der Waals surface area (Å²) in [5.41, 5.74) is 3.95. The van der Waals surface area contributed by atoms with Crippen molar-refractivity contribution in [3.8, 4) is 0 Å². The van der Waals surface area contributed by atoms with Gasteiger partial charge in [-0.05, 0) is 36.5 Å². The van der Waals surface area contributed by atoms with Gasteiger partial charge in [0.15, 0.2) is 0 Å². The van der Waals surface area contributed by atoms with Crippen LogP contribution in [-0.4, -0.2) is 0 Å². The molecule has 1 aliphatic rings. The summed E-state index contributed by atoms with van der Waals surface area (Å²) in [5, 5.41) is 0. The van der Waals surface area contributed by atoms with Gasteiger partial charge in [-0.1, -0.05) is 52.7 Å². The fourth-order valence-electron chi connectivity index (χ4n) is 3.18. The van der Waals surface area contributed by atoms with Crippen LogP contribution in [0, 0.1) is 17.3 Å². The Labute approximate surface area is 89.8 Å². The van der Waals surface area contributed by atoms with E-state index < -0.39 is 0 Å². The van der Waals surface area contributed by atoms with E-state index in [0.717, 1.165) is 11.8 Å². The number of rotatable bonds is 2. The Hall–Kier alpha value is -0.260. The summed E-state index contributed by atoms with van der Waals surface area (Å²) in [4.78, 5) is 0. The molecular formula is C14H26. The maximum atomic E-state index is 2.42. The van der Waals surface area contributed by atoms with E-state index in [-0.39, 0.29) is 0 Å². The molecule has 0 spiro atoms. The Bertz CT molecular complexity index is 228. The summed E-state index contributed by atoms with van der Waals surface area (Å²) in [6.07, 6.45) is 4.10. The molecule has 1 rings (SSSR count). The van der Waals surface area contributed by atoms with Crippen molar-refractivity contribution < 1.29 is 0 Å². The van der Waals surface area contributed by atoms with E-state index in [1.165, 1.54) is 19.3 Å². The maximum absolute atomic E-state index is 2.42. The molecule has 0 heterocycles. The van der Waals surface area contributed by atoms with Gasteiger partial charge >= 0.3 is 0 Å². The number of allylic oxidation sites excluding steroid dienone is 2. The fraction of sp³-hybridized carbons (Fsp3) is 0.857. The average molecular weight is 194 g/mol. The third kappa shape index (κ3) is 2.21. The van der Waals surface area contributed by atoms with E-state index in [0.29, 0.717) is 5.41 Å². The first kappa shape index (κ1) is 11.8. The van der Waals surface area contributed by atoms with Gasteiger partial charge in [-0.25, -0.2) is 0 Å². The van der Waals surface area contributed by atoms with Gasteiger partial charge in [0, 0.05) is 0 Å². The zero-order chi connectivity index (χ0) is 10.9. The third-order valence-electron chi connectivity index (χ3n) is 3.60. The molecule has 0 saturated carbocycles. The van der Waals surface area contributed by atoms with Crippen molar-refractivity contribution in [2.75, 3.05) is 0 Å². The van der Waals surface area contributed by atoms with E-state index in [1.54, 1.807) is 11.1 Å². The van der Waals surface area contributed by atoms with Crippen LogP contribution in [0.1, 0.15) is 60.8 Å². The van der Waals surface area contributed by atoms with Crippen molar-refractivity contribution in [2.24, 2.45) is 17.3 Å². The largest absolute Gasteiger partial charge is 0.0677 e. The highest BCUT2D eigenvalue weighted by atomic mass is 14.4. The molecule has 0 nitrogen and oxygen atoms in total. The lowest BCUT2D eigenvalue weighted by molar-refractivity contribution is 0.324. The molecule has 1 aliphatic carbocycles. The minimum absolute atomic E-state index is 0.450. The normalized spacial score (nSPS) is 22.3. The van der Waals surface area contributed by atoms with E-state index in [4.69, 9.17) is 0 Å². The minimum atomic E-state index is 0.450. The molecule has 14 heavy (non-hydrogen) atoms. The molecule has 0 aromatic rings. The molecule has 82 valence electrons. The highest BCUT2D eigenvalue weighted by Gasteiger charge is 2.31. The monoisotopic (exact) mass is 194 g/mol. The second kappa shape index (κ2) is 4.08. The zero-order valence-corrected chi connectivity index (χ0v) is 10.8. The predicted octanol–water partition coefficient (Wildman–Crippen LogP) is 4.81. The number of hydrogen-bond acceptors (Lipinski definition) is 0. The smallest absolute Gasteiger partial charge is 0.0139 e. The average Bonchev–Trinajstić information content (AvgIpc) is 2.00. The van der Waals surface area contributed by atoms with Crippen molar-refractivity contribution >= 4 is 0 Å². The second-order valence-corrected chi connectivity index (χ2v) is 5.99. The van der Waals surface area contributed by atoms with Gasteiger partial charge < -0.3 is 0 Å². The third-order valence-corrected chi connectivity index (χ3v) is 3.60. The molecule has 0 fully saturated rings. The fourth-order valence-corrected chi connectivity index (χ4v) is 3.18. The topological polar surface area (TPSA) is 0 Å². The molecule has 0 aromatic heterocycles. The van der Waals surface area contributed by atoms with Crippen LogP contribution in [0.25, 0.3) is 0 Å². The van der Waals surface area contributed by atoms with E-state index in [2.05, 4.69) is 41.5 Å². The predicted molar refractivity (Wildman–Crippen MR) is 64.3 cm³/mol. The zero-order valence-electron chi connectivity index (χ0n) is 10.8. The van der Waals surface area contributed by atoms with Crippen molar-refractivity contribution in [3.05, 3.63) is 11.1 Å². The summed E-state index contributed by atoms with van der Waals surface area (Å²) in [7, 11) is 0. The Morgan fingerprint density at radius 2 is 1.57 bits per heavy atom. The van der Waals surface area contributed by atoms with Crippen molar-refractivity contribution in [1.29, 1.82) is 0 Å². The highest BCUT2D eigenvalue weighted by molar-refractivity contribution is 5.26. The van der Waals surface area contributed by atoms with Crippen molar-refractivity contribution in [1.82, 2.24) is 0 Å². The molecule has 0 amide bonds. The summed E-state index contributed by atoms with van der Waals surface area (Å²) < 4.78 is 0. The van der Waals surface area contributed by atoms with Crippen LogP contribution in [0.2, 0.25) is 0 Å². The molecular weight excluding hydrogens is 168 g/mol. The van der Waals surface area contributed by atoms with Crippen LogP contribution < -0.4 is 0 Å². The Morgan fingerprint density at radius 1 is 1.00 bits per heavy atom. The lowest BCUT2D eigenvalue weighted by Crippen LogP contribution is -2.25. The van der Waals surface area contributed by atoms with Crippen LogP contribution in [0.5, 0.6) is 0 Å². The second-order valence-electron chi connectivity index (χ2n) is 5.99. The first-order valence-electron chi connectivity index (χ1n) is 6.09. The van der Waals surface area contributed by atoms with Gasteiger partial charge in [0.05, 0.1) is 0 Å². The molecule has 0 N–H and O–H groups in total. The summed E-state index contributed by atoms with van der Waals surface area (Å²) in [5.74, 6) is 1.47. The first-order chi connectivity index (χ1) is 6.36. The molecule has 0 bridgehead atoms. The van der Waals surface area contributed by atoms with Crippen molar-refractivity contribution in [3.63, 3.8) is 0 Å². The highest BCUT2D eigenvalue weighted by Crippen LogP contribution is 2.45. The standard InChI is InChI=1S/C14H26/c1-10(2)12-8-7-9-14(5,6)13(12)11(3)4/h10-11H,7-9H2,1-6H3. The lowest BCUT2D eigenvalue weighted by atomic mass is 9.66.